The topological polar surface area (TPSA) is 21.3 Å². The molecule has 1 saturated heterocycles. The van der Waals surface area contributed by atoms with Crippen molar-refractivity contribution in [3.8, 4) is 0 Å². The average Bonchev–Trinajstić information content (AvgIpc) is 2.42. The minimum Gasteiger partial charge on any atom is -0.353 e. The molecule has 70 valence electrons. The fourth-order valence-electron chi connectivity index (χ4n) is 2.38. The lowest BCUT2D eigenvalue weighted by molar-refractivity contribution is -0.0890. The van der Waals surface area contributed by atoms with E-state index in [0.717, 1.165) is 0 Å². The third kappa shape index (κ3) is 1.17. The third-order valence-corrected chi connectivity index (χ3v) is 3.39. The average molecular weight is 169 g/mol. The fourth-order valence-corrected chi connectivity index (χ4v) is 2.38. The monoisotopic (exact) mass is 169 g/mol. The molecule has 1 aliphatic heterocycles. The van der Waals surface area contributed by atoms with E-state index in [1.165, 1.54) is 25.7 Å². The molecule has 1 heterocycles. The predicted octanol–water partition coefficient (Wildman–Crippen LogP) is 2.04. The van der Waals surface area contributed by atoms with Crippen molar-refractivity contribution in [2.24, 2.45) is 0 Å². The van der Waals surface area contributed by atoms with Gasteiger partial charge in [0.25, 0.3) is 0 Å². The van der Waals surface area contributed by atoms with Crippen LogP contribution in [0.2, 0.25) is 0 Å². The number of rotatable bonds is 0. The Balaban J connectivity index is 2.14. The van der Waals surface area contributed by atoms with Gasteiger partial charge in [0.1, 0.15) is 5.72 Å². The van der Waals surface area contributed by atoms with Crippen LogP contribution in [0.5, 0.6) is 0 Å². The summed E-state index contributed by atoms with van der Waals surface area (Å²) in [5.41, 5.74) is 0.0628. The molecule has 0 amide bonds. The Labute approximate surface area is 74.7 Å². The van der Waals surface area contributed by atoms with Crippen LogP contribution >= 0.6 is 0 Å². The van der Waals surface area contributed by atoms with E-state index in [1.54, 1.807) is 0 Å². The van der Waals surface area contributed by atoms with Gasteiger partial charge in [0.05, 0.1) is 5.60 Å². The van der Waals surface area contributed by atoms with Gasteiger partial charge >= 0.3 is 0 Å². The second-order valence-corrected chi connectivity index (χ2v) is 4.77. The van der Waals surface area contributed by atoms with Gasteiger partial charge in [0, 0.05) is 6.04 Å². The van der Waals surface area contributed by atoms with Gasteiger partial charge in [-0.05, 0) is 46.5 Å². The largest absolute Gasteiger partial charge is 0.353 e. The maximum atomic E-state index is 6.10. The molecule has 0 aromatic carbocycles. The highest BCUT2D eigenvalue weighted by atomic mass is 16.6. The van der Waals surface area contributed by atoms with Crippen LogP contribution in [0.4, 0.5) is 0 Å². The van der Waals surface area contributed by atoms with E-state index in [4.69, 9.17) is 4.74 Å². The molecule has 1 N–H and O–H groups in total. The van der Waals surface area contributed by atoms with E-state index < -0.39 is 0 Å². The van der Waals surface area contributed by atoms with Crippen LogP contribution in [0, 0.1) is 0 Å². The lowest BCUT2D eigenvalue weighted by Gasteiger charge is -2.26. The quantitative estimate of drug-likeness (QED) is 0.599. The van der Waals surface area contributed by atoms with Crippen LogP contribution < -0.4 is 5.32 Å². The van der Waals surface area contributed by atoms with Crippen LogP contribution in [-0.2, 0) is 4.74 Å². The highest BCUT2D eigenvalue weighted by Gasteiger charge is 2.49. The number of nitrogens with one attached hydrogen (secondary N) is 1. The van der Waals surface area contributed by atoms with E-state index in [1.807, 2.05) is 0 Å². The zero-order valence-corrected chi connectivity index (χ0v) is 8.31. The lowest BCUT2D eigenvalue weighted by atomic mass is 10.0. The normalized spacial score (nSPS) is 37.8. The molecule has 2 aliphatic rings. The van der Waals surface area contributed by atoms with Gasteiger partial charge in [-0.2, -0.15) is 0 Å². The van der Waals surface area contributed by atoms with Crippen molar-refractivity contribution in [1.29, 1.82) is 0 Å². The highest BCUT2D eigenvalue weighted by molar-refractivity contribution is 5.00. The van der Waals surface area contributed by atoms with E-state index in [0.29, 0.717) is 6.04 Å². The van der Waals surface area contributed by atoms with Gasteiger partial charge in [-0.1, -0.05) is 0 Å². The Morgan fingerprint density at radius 2 is 1.83 bits per heavy atom. The third-order valence-electron chi connectivity index (χ3n) is 3.39. The lowest BCUT2D eigenvalue weighted by Crippen LogP contribution is -2.41. The maximum Gasteiger partial charge on any atom is 0.120 e. The minimum atomic E-state index is 0.0182. The van der Waals surface area contributed by atoms with Crippen LogP contribution in [0.1, 0.15) is 46.5 Å². The first kappa shape index (κ1) is 8.52. The van der Waals surface area contributed by atoms with Crippen LogP contribution in [0.3, 0.4) is 0 Å². The van der Waals surface area contributed by atoms with Gasteiger partial charge in [-0.3, -0.25) is 5.32 Å². The molecule has 1 saturated carbocycles. The summed E-state index contributed by atoms with van der Waals surface area (Å²) in [7, 11) is 0. The Morgan fingerprint density at radius 3 is 2.25 bits per heavy atom. The molecule has 1 atom stereocenters. The molecule has 12 heavy (non-hydrogen) atoms. The van der Waals surface area contributed by atoms with Crippen molar-refractivity contribution in [2.75, 3.05) is 0 Å². The number of ether oxygens (including phenoxy) is 1. The molecule has 1 unspecified atom stereocenters. The van der Waals surface area contributed by atoms with E-state index in [9.17, 15) is 0 Å². The summed E-state index contributed by atoms with van der Waals surface area (Å²) in [6.45, 7) is 6.57. The first-order valence-corrected chi connectivity index (χ1v) is 5.02. The summed E-state index contributed by atoms with van der Waals surface area (Å²) in [5.74, 6) is 0. The molecule has 2 nitrogen and oxygen atoms in total. The Hall–Kier alpha value is -0.0800. The van der Waals surface area contributed by atoms with Gasteiger partial charge in [0.15, 0.2) is 0 Å². The van der Waals surface area contributed by atoms with E-state index >= 15 is 0 Å². The summed E-state index contributed by atoms with van der Waals surface area (Å²) in [6, 6.07) is 0.482. The highest BCUT2D eigenvalue weighted by Crippen LogP contribution is 2.40. The van der Waals surface area contributed by atoms with Crippen molar-refractivity contribution < 1.29 is 4.74 Å². The van der Waals surface area contributed by atoms with Crippen molar-refractivity contribution in [2.45, 2.75) is 63.8 Å². The van der Waals surface area contributed by atoms with Gasteiger partial charge in [0.2, 0.25) is 0 Å². The van der Waals surface area contributed by atoms with Crippen molar-refractivity contribution >= 4 is 0 Å². The molecule has 1 aliphatic carbocycles. The minimum absolute atomic E-state index is 0.0182. The molecule has 1 spiro atoms. The predicted molar refractivity (Wildman–Crippen MR) is 49.0 cm³/mol. The summed E-state index contributed by atoms with van der Waals surface area (Å²) in [6.07, 6.45) is 5.02. The zero-order valence-electron chi connectivity index (χ0n) is 8.31. The molecule has 2 heteroatoms. The summed E-state index contributed by atoms with van der Waals surface area (Å²) < 4.78 is 6.10. The Bertz CT molecular complexity index is 182. The second kappa shape index (κ2) is 2.46. The first-order valence-electron chi connectivity index (χ1n) is 5.02. The molecule has 0 bridgehead atoms. The fraction of sp³-hybridized carbons (Fsp3) is 1.00. The molecular weight excluding hydrogens is 150 g/mol. The number of hydrogen-bond donors (Lipinski definition) is 1. The van der Waals surface area contributed by atoms with Crippen LogP contribution in [0.15, 0.2) is 0 Å². The van der Waals surface area contributed by atoms with Crippen LogP contribution in [0.25, 0.3) is 0 Å². The summed E-state index contributed by atoms with van der Waals surface area (Å²) in [5, 5.41) is 3.60. The standard InChI is InChI=1S/C10H19NO/c1-8-9(2,3)12-10(11-8)6-4-5-7-10/h8,11H,4-7H2,1-3H3. The Morgan fingerprint density at radius 1 is 1.25 bits per heavy atom. The van der Waals surface area contributed by atoms with Crippen molar-refractivity contribution in [3.63, 3.8) is 0 Å². The van der Waals surface area contributed by atoms with Crippen molar-refractivity contribution in [1.82, 2.24) is 5.32 Å². The smallest absolute Gasteiger partial charge is 0.120 e. The molecule has 0 aromatic rings. The van der Waals surface area contributed by atoms with Gasteiger partial charge in [-0.15, -0.1) is 0 Å². The maximum absolute atomic E-state index is 6.10. The SMILES string of the molecule is CC1NC2(CCCC2)OC1(C)C. The van der Waals surface area contributed by atoms with E-state index in [2.05, 4.69) is 26.1 Å². The number of hydrogen-bond acceptors (Lipinski definition) is 2. The zero-order chi connectivity index (χ0) is 8.82. The molecule has 2 fully saturated rings. The van der Waals surface area contributed by atoms with Gasteiger partial charge < -0.3 is 4.74 Å². The Kier molecular flexibility index (Phi) is 1.74. The summed E-state index contributed by atoms with van der Waals surface area (Å²) in [4.78, 5) is 0. The molecular formula is C10H19NO. The van der Waals surface area contributed by atoms with Gasteiger partial charge in [-0.25, -0.2) is 0 Å². The van der Waals surface area contributed by atoms with E-state index in [-0.39, 0.29) is 11.3 Å². The molecule has 0 aromatic heterocycles. The first-order chi connectivity index (χ1) is 5.54. The molecule has 0 radical (unpaired) electrons. The second-order valence-electron chi connectivity index (χ2n) is 4.77. The molecule has 2 rings (SSSR count). The van der Waals surface area contributed by atoms with Crippen molar-refractivity contribution in [3.05, 3.63) is 0 Å². The summed E-state index contributed by atoms with van der Waals surface area (Å²) >= 11 is 0. The van der Waals surface area contributed by atoms with Crippen LogP contribution in [-0.4, -0.2) is 17.4 Å².